The maximum atomic E-state index is 11.0. The second-order valence-corrected chi connectivity index (χ2v) is 6.71. The Hall–Kier alpha value is -3.00. The van der Waals surface area contributed by atoms with Gasteiger partial charge in [-0.2, -0.15) is 0 Å². The Morgan fingerprint density at radius 2 is 2.26 bits per heavy atom. The van der Waals surface area contributed by atoms with Crippen LogP contribution in [0.4, 0.5) is 0 Å². The second kappa shape index (κ2) is 7.71. The molecule has 0 aromatic carbocycles. The number of carbonyl (C=O) groups excluding carboxylic acids is 1. The van der Waals surface area contributed by atoms with E-state index in [0.717, 1.165) is 48.8 Å². The number of aromatic nitrogens is 4. The number of pyridine rings is 1. The molecule has 0 aliphatic carbocycles. The van der Waals surface area contributed by atoms with Crippen LogP contribution in [0.25, 0.3) is 5.65 Å². The zero-order valence-electron chi connectivity index (χ0n) is 15.2. The number of likely N-dealkylation sites (tertiary alicyclic amines) is 1. The van der Waals surface area contributed by atoms with Gasteiger partial charge in [0.2, 0.25) is 5.91 Å². The average Bonchev–Trinajstić information content (AvgIpc) is 3.28. The lowest BCUT2D eigenvalue weighted by atomic mass is 10.3. The van der Waals surface area contributed by atoms with Crippen LogP contribution < -0.4 is 10.1 Å². The van der Waals surface area contributed by atoms with E-state index in [1.165, 1.54) is 6.92 Å². The molecule has 0 bridgehead atoms. The van der Waals surface area contributed by atoms with E-state index in [0.29, 0.717) is 6.54 Å². The number of hydrogen-bond acceptors (Lipinski definition) is 6. The Morgan fingerprint density at radius 1 is 1.33 bits per heavy atom. The molecule has 1 aliphatic rings. The summed E-state index contributed by atoms with van der Waals surface area (Å²) in [4.78, 5) is 26.2. The Bertz CT molecular complexity index is 941. The van der Waals surface area contributed by atoms with Gasteiger partial charge >= 0.3 is 0 Å². The van der Waals surface area contributed by atoms with Crippen LogP contribution in [-0.4, -0.2) is 49.4 Å². The van der Waals surface area contributed by atoms with Crippen LogP contribution in [0.5, 0.6) is 5.75 Å². The van der Waals surface area contributed by atoms with Gasteiger partial charge in [0.25, 0.3) is 0 Å². The van der Waals surface area contributed by atoms with E-state index in [4.69, 9.17) is 4.74 Å². The van der Waals surface area contributed by atoms with E-state index in [1.807, 2.05) is 24.5 Å². The van der Waals surface area contributed by atoms with Crippen molar-refractivity contribution in [2.45, 2.75) is 32.5 Å². The zero-order chi connectivity index (χ0) is 18.6. The van der Waals surface area contributed by atoms with E-state index in [2.05, 4.69) is 29.6 Å². The zero-order valence-corrected chi connectivity index (χ0v) is 15.2. The lowest BCUT2D eigenvalue weighted by molar-refractivity contribution is -0.119. The van der Waals surface area contributed by atoms with Crippen molar-refractivity contribution in [3.05, 3.63) is 54.5 Å². The summed E-state index contributed by atoms with van der Waals surface area (Å²) >= 11 is 0. The minimum absolute atomic E-state index is 0.0715. The van der Waals surface area contributed by atoms with Gasteiger partial charge in [-0.15, -0.1) is 0 Å². The molecule has 1 aliphatic heterocycles. The largest absolute Gasteiger partial charge is 0.489 e. The van der Waals surface area contributed by atoms with E-state index in [-0.39, 0.29) is 12.0 Å². The van der Waals surface area contributed by atoms with Crippen LogP contribution in [-0.2, 0) is 17.9 Å². The highest BCUT2D eigenvalue weighted by atomic mass is 16.5. The first-order valence-electron chi connectivity index (χ1n) is 9.02. The molecule has 0 spiro atoms. The SMILES string of the molecule is CC(=O)NCc1cc(OC2CCN(Cc3cnc4cnccn34)C2)ccn1. The molecule has 140 valence electrons. The van der Waals surface area contributed by atoms with Gasteiger partial charge in [0.05, 0.1) is 30.3 Å². The highest BCUT2D eigenvalue weighted by molar-refractivity contribution is 5.72. The predicted molar refractivity (Wildman–Crippen MR) is 99.1 cm³/mol. The molecule has 1 amide bonds. The van der Waals surface area contributed by atoms with Crippen molar-refractivity contribution in [2.24, 2.45) is 0 Å². The maximum Gasteiger partial charge on any atom is 0.217 e. The number of fused-ring (bicyclic) bond motifs is 1. The van der Waals surface area contributed by atoms with Crippen LogP contribution in [0.2, 0.25) is 0 Å². The standard InChI is InChI=1S/C19H22N6O2/c1-14(26)22-9-15-8-17(2-4-21-15)27-18-3-6-24(13-18)12-16-10-23-19-11-20-5-7-25(16)19/h2,4-5,7-8,10-11,18H,3,6,9,12-13H2,1H3,(H,22,26). The molecule has 0 saturated carbocycles. The third-order valence-electron chi connectivity index (χ3n) is 4.62. The number of ether oxygens (including phenoxy) is 1. The van der Waals surface area contributed by atoms with Crippen LogP contribution in [0.3, 0.4) is 0 Å². The fourth-order valence-electron chi connectivity index (χ4n) is 3.31. The summed E-state index contributed by atoms with van der Waals surface area (Å²) in [6, 6.07) is 3.74. The van der Waals surface area contributed by atoms with Gasteiger partial charge in [0.15, 0.2) is 5.65 Å². The summed E-state index contributed by atoms with van der Waals surface area (Å²) in [5.41, 5.74) is 2.80. The van der Waals surface area contributed by atoms with Crippen LogP contribution in [0.15, 0.2) is 43.1 Å². The Morgan fingerprint density at radius 3 is 3.15 bits per heavy atom. The summed E-state index contributed by atoms with van der Waals surface area (Å²) < 4.78 is 8.20. The Kier molecular flexibility index (Phi) is 4.97. The fourth-order valence-corrected chi connectivity index (χ4v) is 3.31. The quantitative estimate of drug-likeness (QED) is 0.710. The molecule has 8 nitrogen and oxygen atoms in total. The molecule has 1 N–H and O–H groups in total. The van der Waals surface area contributed by atoms with Gasteiger partial charge in [-0.1, -0.05) is 0 Å². The lowest BCUT2D eigenvalue weighted by Gasteiger charge is -2.17. The second-order valence-electron chi connectivity index (χ2n) is 6.71. The van der Waals surface area contributed by atoms with Gasteiger partial charge in [0, 0.05) is 51.2 Å². The molecule has 1 atom stereocenters. The van der Waals surface area contributed by atoms with E-state index in [1.54, 1.807) is 18.6 Å². The predicted octanol–water partition coefficient (Wildman–Crippen LogP) is 1.41. The minimum atomic E-state index is -0.0715. The summed E-state index contributed by atoms with van der Waals surface area (Å²) in [5, 5.41) is 2.75. The number of hydrogen-bond donors (Lipinski definition) is 1. The highest BCUT2D eigenvalue weighted by Crippen LogP contribution is 2.20. The van der Waals surface area contributed by atoms with E-state index < -0.39 is 0 Å². The summed E-state index contributed by atoms with van der Waals surface area (Å²) in [6.07, 6.45) is 10.2. The molecule has 4 rings (SSSR count). The van der Waals surface area contributed by atoms with Gasteiger partial charge in [-0.05, 0) is 12.5 Å². The van der Waals surface area contributed by atoms with Crippen molar-refractivity contribution in [3.8, 4) is 5.75 Å². The van der Waals surface area contributed by atoms with Gasteiger partial charge in [-0.3, -0.25) is 24.1 Å². The number of amides is 1. The summed E-state index contributed by atoms with van der Waals surface area (Å²) in [5.74, 6) is 0.718. The van der Waals surface area contributed by atoms with Crippen LogP contribution >= 0.6 is 0 Å². The molecule has 1 fully saturated rings. The third-order valence-corrected chi connectivity index (χ3v) is 4.62. The molecular formula is C19H22N6O2. The van der Waals surface area contributed by atoms with Crippen molar-refractivity contribution >= 4 is 11.6 Å². The number of nitrogens with zero attached hydrogens (tertiary/aromatic N) is 5. The van der Waals surface area contributed by atoms with Crippen molar-refractivity contribution in [3.63, 3.8) is 0 Å². The van der Waals surface area contributed by atoms with Crippen molar-refractivity contribution in [1.82, 2.24) is 29.6 Å². The van der Waals surface area contributed by atoms with Gasteiger partial charge in [0.1, 0.15) is 11.9 Å². The number of imidazole rings is 1. The maximum absolute atomic E-state index is 11.0. The summed E-state index contributed by atoms with van der Waals surface area (Å²) in [6.45, 7) is 4.57. The van der Waals surface area contributed by atoms with Crippen molar-refractivity contribution < 1.29 is 9.53 Å². The van der Waals surface area contributed by atoms with Gasteiger partial charge < -0.3 is 10.1 Å². The molecule has 1 saturated heterocycles. The molecular weight excluding hydrogens is 344 g/mol. The average molecular weight is 366 g/mol. The smallest absolute Gasteiger partial charge is 0.217 e. The monoisotopic (exact) mass is 366 g/mol. The van der Waals surface area contributed by atoms with E-state index >= 15 is 0 Å². The van der Waals surface area contributed by atoms with Gasteiger partial charge in [-0.25, -0.2) is 4.98 Å². The molecule has 1 unspecified atom stereocenters. The van der Waals surface area contributed by atoms with E-state index in [9.17, 15) is 4.79 Å². The minimum Gasteiger partial charge on any atom is -0.489 e. The molecule has 3 aromatic rings. The fraction of sp³-hybridized carbons (Fsp3) is 0.368. The number of carbonyl (C=O) groups is 1. The van der Waals surface area contributed by atoms with Crippen LogP contribution in [0, 0.1) is 0 Å². The van der Waals surface area contributed by atoms with Crippen molar-refractivity contribution in [1.29, 1.82) is 0 Å². The third kappa shape index (κ3) is 4.22. The van der Waals surface area contributed by atoms with Crippen LogP contribution in [0.1, 0.15) is 24.7 Å². The molecule has 27 heavy (non-hydrogen) atoms. The topological polar surface area (TPSA) is 84.6 Å². The molecule has 4 heterocycles. The molecule has 3 aromatic heterocycles. The first kappa shape index (κ1) is 17.4. The number of nitrogens with one attached hydrogen (secondary N) is 1. The summed E-state index contributed by atoms with van der Waals surface area (Å²) in [7, 11) is 0. The Balaban J connectivity index is 1.34. The molecule has 0 radical (unpaired) electrons. The first-order chi connectivity index (χ1) is 13.2. The normalized spacial score (nSPS) is 17.3. The van der Waals surface area contributed by atoms with Crippen molar-refractivity contribution in [2.75, 3.05) is 13.1 Å². The lowest BCUT2D eigenvalue weighted by Crippen LogP contribution is -2.25. The Labute approximate surface area is 157 Å². The number of rotatable bonds is 6. The molecule has 8 heteroatoms. The highest BCUT2D eigenvalue weighted by Gasteiger charge is 2.25. The first-order valence-corrected chi connectivity index (χ1v) is 9.02.